The van der Waals surface area contributed by atoms with Gasteiger partial charge in [-0.25, -0.2) is 9.36 Å². The van der Waals surface area contributed by atoms with Gasteiger partial charge in [0.05, 0.1) is 13.7 Å². The van der Waals surface area contributed by atoms with Gasteiger partial charge in [-0.15, -0.1) is 0 Å². The number of nitrogens with zero attached hydrogens (tertiary/aromatic N) is 1. The minimum absolute atomic E-state index is 0.00882. The van der Waals surface area contributed by atoms with E-state index in [0.29, 0.717) is 11.5 Å². The highest BCUT2D eigenvalue weighted by Gasteiger charge is 2.53. The van der Waals surface area contributed by atoms with Gasteiger partial charge >= 0.3 is 13.7 Å². The van der Waals surface area contributed by atoms with Crippen LogP contribution in [-0.2, 0) is 14.0 Å². The van der Waals surface area contributed by atoms with E-state index in [1.54, 1.807) is 48.5 Å². The van der Waals surface area contributed by atoms with Gasteiger partial charge in [0.2, 0.25) is 0 Å². The fraction of sp³-hybridized carbons (Fsp3) is 0.350. The molecule has 1 aliphatic rings. The van der Waals surface area contributed by atoms with Crippen molar-refractivity contribution in [3.8, 4) is 11.5 Å². The number of carbonyl (C=O) groups excluding carboxylic acids is 1. The van der Waals surface area contributed by atoms with Gasteiger partial charge in [-0.1, -0.05) is 50.2 Å². The van der Waals surface area contributed by atoms with E-state index < -0.39 is 25.7 Å². The molecule has 0 spiro atoms. The molecule has 3 rings (SSSR count). The number of ether oxygens (including phenoxy) is 2. The molecule has 7 nitrogen and oxygen atoms in total. The summed E-state index contributed by atoms with van der Waals surface area (Å²) in [5.41, 5.74) is 0. The summed E-state index contributed by atoms with van der Waals surface area (Å²) >= 11 is 0. The summed E-state index contributed by atoms with van der Waals surface area (Å²) in [6, 6.07) is 17.4. The topological polar surface area (TPSA) is 74.3 Å². The van der Waals surface area contributed by atoms with E-state index in [1.807, 2.05) is 26.0 Å². The molecular weight excluding hydrogens is 381 g/mol. The third-order valence-electron chi connectivity index (χ3n) is 4.28. The minimum Gasteiger partial charge on any atom is -0.453 e. The quantitative estimate of drug-likeness (QED) is 0.646. The standard InChI is InChI=1S/C20H24NO6P/c1-15(2)19-21(20(22)24-3)18(14-25-19)28(23,26-16-10-6-4-7-11-16)27-17-12-8-5-9-13-17/h4-13,15,18-19H,14H2,1-3H3. The van der Waals surface area contributed by atoms with Crippen molar-refractivity contribution in [3.05, 3.63) is 60.7 Å². The number of hydrogen-bond donors (Lipinski definition) is 0. The molecule has 1 heterocycles. The van der Waals surface area contributed by atoms with Gasteiger partial charge in [0.15, 0.2) is 5.78 Å². The Morgan fingerprint density at radius 2 is 1.54 bits per heavy atom. The van der Waals surface area contributed by atoms with Gasteiger partial charge in [-0.2, -0.15) is 0 Å². The van der Waals surface area contributed by atoms with E-state index in [1.165, 1.54) is 12.0 Å². The summed E-state index contributed by atoms with van der Waals surface area (Å²) in [6.45, 7) is 3.82. The lowest BCUT2D eigenvalue weighted by Gasteiger charge is -2.32. The lowest BCUT2D eigenvalue weighted by Crippen LogP contribution is -2.45. The zero-order valence-electron chi connectivity index (χ0n) is 16.1. The summed E-state index contributed by atoms with van der Waals surface area (Å²) in [6.07, 6.45) is -1.24. The molecule has 0 N–H and O–H groups in total. The Balaban J connectivity index is 1.99. The van der Waals surface area contributed by atoms with Crippen LogP contribution in [0.5, 0.6) is 11.5 Å². The molecule has 150 valence electrons. The second-order valence-electron chi connectivity index (χ2n) is 6.67. The summed E-state index contributed by atoms with van der Waals surface area (Å²) in [4.78, 5) is 13.8. The van der Waals surface area contributed by atoms with Gasteiger partial charge in [-0.3, -0.25) is 4.90 Å². The van der Waals surface area contributed by atoms with Crippen molar-refractivity contribution < 1.29 is 27.9 Å². The van der Waals surface area contributed by atoms with Crippen LogP contribution in [0.4, 0.5) is 4.79 Å². The third kappa shape index (κ3) is 4.32. The Bertz CT molecular complexity index is 784. The van der Waals surface area contributed by atoms with Crippen LogP contribution < -0.4 is 9.05 Å². The molecule has 1 amide bonds. The molecule has 1 fully saturated rings. The van der Waals surface area contributed by atoms with Crippen molar-refractivity contribution in [3.63, 3.8) is 0 Å². The number of rotatable bonds is 6. The first-order chi connectivity index (χ1) is 13.4. The first-order valence-electron chi connectivity index (χ1n) is 9.01. The number of amides is 1. The van der Waals surface area contributed by atoms with Crippen molar-refractivity contribution in [2.45, 2.75) is 25.9 Å². The smallest absolute Gasteiger partial charge is 0.453 e. The normalized spacial score (nSPS) is 19.5. The molecule has 1 aliphatic heterocycles. The maximum atomic E-state index is 14.0. The van der Waals surface area contributed by atoms with E-state index in [2.05, 4.69) is 0 Å². The molecular formula is C20H24NO6P. The Kier molecular flexibility index (Phi) is 6.27. The van der Waals surface area contributed by atoms with E-state index in [4.69, 9.17) is 18.5 Å². The molecule has 0 radical (unpaired) electrons. The van der Waals surface area contributed by atoms with Gasteiger partial charge in [0.1, 0.15) is 17.7 Å². The molecule has 0 bridgehead atoms. The van der Waals surface area contributed by atoms with Crippen molar-refractivity contribution >= 4 is 13.7 Å². The molecule has 28 heavy (non-hydrogen) atoms. The number of hydrogen-bond acceptors (Lipinski definition) is 6. The van der Waals surface area contributed by atoms with Crippen molar-refractivity contribution in [1.29, 1.82) is 0 Å². The molecule has 0 aromatic heterocycles. The Morgan fingerprint density at radius 3 is 1.96 bits per heavy atom. The van der Waals surface area contributed by atoms with E-state index in [9.17, 15) is 9.36 Å². The van der Waals surface area contributed by atoms with Gasteiger partial charge < -0.3 is 18.5 Å². The van der Waals surface area contributed by atoms with Crippen LogP contribution in [-0.4, -0.2) is 36.7 Å². The molecule has 1 saturated heterocycles. The minimum atomic E-state index is -3.91. The third-order valence-corrected chi connectivity index (χ3v) is 6.34. The van der Waals surface area contributed by atoms with Crippen LogP contribution in [0.2, 0.25) is 0 Å². The van der Waals surface area contributed by atoms with E-state index >= 15 is 0 Å². The zero-order chi connectivity index (χ0) is 20.1. The molecule has 0 saturated carbocycles. The average molecular weight is 405 g/mol. The highest BCUT2D eigenvalue weighted by Crippen LogP contribution is 2.56. The molecule has 2 unspecified atom stereocenters. The summed E-state index contributed by atoms with van der Waals surface area (Å²) in [7, 11) is -2.64. The Labute approximate surface area is 164 Å². The van der Waals surface area contributed by atoms with Crippen molar-refractivity contribution in [2.75, 3.05) is 13.7 Å². The van der Waals surface area contributed by atoms with E-state index in [-0.39, 0.29) is 12.5 Å². The highest BCUT2D eigenvalue weighted by atomic mass is 31.2. The van der Waals surface area contributed by atoms with Crippen molar-refractivity contribution in [1.82, 2.24) is 4.90 Å². The molecule has 2 aromatic carbocycles. The average Bonchev–Trinajstić information content (AvgIpc) is 3.15. The van der Waals surface area contributed by atoms with Gasteiger partial charge in [0.25, 0.3) is 0 Å². The fourth-order valence-electron chi connectivity index (χ4n) is 3.00. The first-order valence-corrected chi connectivity index (χ1v) is 10.6. The first kappa shape index (κ1) is 20.2. The molecule has 0 aliphatic carbocycles. The van der Waals surface area contributed by atoms with E-state index in [0.717, 1.165) is 0 Å². The lowest BCUT2D eigenvalue weighted by atomic mass is 10.2. The van der Waals surface area contributed by atoms with Gasteiger partial charge in [-0.05, 0) is 30.2 Å². The van der Waals surface area contributed by atoms with Crippen LogP contribution in [0.25, 0.3) is 0 Å². The Morgan fingerprint density at radius 1 is 1.04 bits per heavy atom. The number of carbonyl (C=O) groups is 1. The highest BCUT2D eigenvalue weighted by molar-refractivity contribution is 7.55. The monoisotopic (exact) mass is 405 g/mol. The largest absolute Gasteiger partial charge is 0.455 e. The lowest BCUT2D eigenvalue weighted by molar-refractivity contribution is -0.000905. The number of para-hydroxylation sites is 2. The van der Waals surface area contributed by atoms with Crippen LogP contribution in [0.3, 0.4) is 0 Å². The number of methoxy groups -OCH3 is 1. The zero-order valence-corrected chi connectivity index (χ0v) is 17.0. The predicted octanol–water partition coefficient (Wildman–Crippen LogP) is 4.74. The van der Waals surface area contributed by atoms with Crippen LogP contribution >= 0.6 is 7.60 Å². The summed E-state index contributed by atoms with van der Waals surface area (Å²) in [5.74, 6) is -0.238. The summed E-state index contributed by atoms with van der Waals surface area (Å²) in [5, 5.41) is 0. The summed E-state index contributed by atoms with van der Waals surface area (Å²) < 4.78 is 36.4. The maximum Gasteiger partial charge on any atom is 0.455 e. The second-order valence-corrected chi connectivity index (χ2v) is 8.72. The predicted molar refractivity (Wildman–Crippen MR) is 104 cm³/mol. The Hall–Kier alpha value is -2.50. The second kappa shape index (κ2) is 8.67. The molecule has 2 aromatic rings. The number of benzene rings is 2. The SMILES string of the molecule is COC(=O)N1C(C(C)C)OCC1P(=O)(Oc1ccccc1)Oc1ccccc1. The van der Waals surface area contributed by atoms with Gasteiger partial charge in [0, 0.05) is 0 Å². The fourth-order valence-corrected chi connectivity index (χ4v) is 4.91. The van der Waals surface area contributed by atoms with Crippen LogP contribution in [0.15, 0.2) is 60.7 Å². The molecule has 2 atom stereocenters. The maximum absolute atomic E-state index is 14.0. The molecule has 8 heteroatoms. The van der Waals surface area contributed by atoms with Crippen molar-refractivity contribution in [2.24, 2.45) is 5.92 Å². The van der Waals surface area contributed by atoms with Crippen LogP contribution in [0.1, 0.15) is 13.8 Å². The van der Waals surface area contributed by atoms with Crippen LogP contribution in [0, 0.1) is 5.92 Å².